The van der Waals surface area contributed by atoms with E-state index in [1.165, 1.54) is 0 Å². The molecule has 0 fully saturated rings. The van der Waals surface area contributed by atoms with Gasteiger partial charge in [0.2, 0.25) is 0 Å². The maximum Gasteiger partial charge on any atom is 0.0684 e. The minimum absolute atomic E-state index is 0.342. The van der Waals surface area contributed by atoms with Gasteiger partial charge in [-0.1, -0.05) is 15.9 Å². The van der Waals surface area contributed by atoms with E-state index in [9.17, 15) is 0 Å². The van der Waals surface area contributed by atoms with E-state index in [0.717, 1.165) is 14.6 Å². The van der Waals surface area contributed by atoms with Crippen molar-refractivity contribution < 1.29 is 5.11 Å². The monoisotopic (exact) mass is 307 g/mol. The number of hydrogen-bond donors (Lipinski definition) is 2. The van der Waals surface area contributed by atoms with Gasteiger partial charge < -0.3 is 10.4 Å². The van der Waals surface area contributed by atoms with Gasteiger partial charge in [0.15, 0.2) is 0 Å². The van der Waals surface area contributed by atoms with Crippen molar-refractivity contribution in [3.63, 3.8) is 0 Å². The average molecular weight is 309 g/mol. The van der Waals surface area contributed by atoms with E-state index in [1.54, 1.807) is 6.92 Å². The zero-order valence-corrected chi connectivity index (χ0v) is 10.4. The Kier molecular flexibility index (Phi) is 4.22. The van der Waals surface area contributed by atoms with Crippen LogP contribution in [0.15, 0.2) is 27.1 Å². The third-order valence-corrected chi connectivity index (χ3v) is 2.70. The van der Waals surface area contributed by atoms with Crippen molar-refractivity contribution in [2.45, 2.75) is 13.0 Å². The smallest absolute Gasteiger partial charge is 0.0684 e. The van der Waals surface area contributed by atoms with Crippen LogP contribution in [0.2, 0.25) is 0 Å². The van der Waals surface area contributed by atoms with Gasteiger partial charge in [0, 0.05) is 21.2 Å². The second kappa shape index (κ2) is 4.98. The number of hydrogen-bond acceptors (Lipinski definition) is 2. The molecule has 0 amide bonds. The summed E-state index contributed by atoms with van der Waals surface area (Å²) in [6.07, 6.45) is -0.342. The normalized spacial score (nSPS) is 12.6. The van der Waals surface area contributed by atoms with E-state index in [4.69, 9.17) is 5.11 Å². The van der Waals surface area contributed by atoms with E-state index >= 15 is 0 Å². The molecule has 1 aromatic carbocycles. The molecule has 0 aliphatic heterocycles. The van der Waals surface area contributed by atoms with Crippen molar-refractivity contribution in [3.8, 4) is 0 Å². The van der Waals surface area contributed by atoms with Crippen LogP contribution in [0.4, 0.5) is 5.69 Å². The molecular formula is C9H11Br2NO. The molecule has 0 spiro atoms. The lowest BCUT2D eigenvalue weighted by atomic mass is 10.3. The molecule has 0 heterocycles. The highest BCUT2D eigenvalue weighted by atomic mass is 79.9. The fourth-order valence-corrected chi connectivity index (χ4v) is 1.64. The number of halogens is 2. The van der Waals surface area contributed by atoms with Gasteiger partial charge in [0.05, 0.1) is 6.10 Å². The van der Waals surface area contributed by atoms with Crippen LogP contribution >= 0.6 is 31.9 Å². The lowest BCUT2D eigenvalue weighted by molar-refractivity contribution is 0.208. The summed E-state index contributed by atoms with van der Waals surface area (Å²) in [7, 11) is 0. The van der Waals surface area contributed by atoms with Gasteiger partial charge >= 0.3 is 0 Å². The predicted octanol–water partition coefficient (Wildman–Crippen LogP) is 3.00. The average Bonchev–Trinajstić information content (AvgIpc) is 2.06. The number of aliphatic hydroxyl groups excluding tert-OH is 1. The van der Waals surface area contributed by atoms with E-state index < -0.39 is 0 Å². The van der Waals surface area contributed by atoms with Gasteiger partial charge in [-0.25, -0.2) is 0 Å². The summed E-state index contributed by atoms with van der Waals surface area (Å²) in [5.41, 5.74) is 0.982. The second-order valence-electron chi connectivity index (χ2n) is 2.85. The molecule has 13 heavy (non-hydrogen) atoms. The molecule has 0 aromatic heterocycles. The minimum atomic E-state index is -0.342. The topological polar surface area (TPSA) is 32.3 Å². The molecule has 1 aromatic rings. The number of rotatable bonds is 3. The summed E-state index contributed by atoms with van der Waals surface area (Å²) in [4.78, 5) is 0. The molecule has 0 saturated carbocycles. The Balaban J connectivity index is 2.70. The SMILES string of the molecule is C[C@H](O)CNc1cc(Br)ccc1Br. The van der Waals surface area contributed by atoms with Crippen molar-refractivity contribution in [2.24, 2.45) is 0 Å². The number of benzene rings is 1. The van der Waals surface area contributed by atoms with Gasteiger partial charge in [0.25, 0.3) is 0 Å². The molecule has 4 heteroatoms. The van der Waals surface area contributed by atoms with E-state index in [2.05, 4.69) is 37.2 Å². The molecule has 0 aliphatic carbocycles. The summed E-state index contributed by atoms with van der Waals surface area (Å²) in [5.74, 6) is 0. The summed E-state index contributed by atoms with van der Waals surface area (Å²) in [6.45, 7) is 2.30. The highest BCUT2D eigenvalue weighted by Gasteiger charge is 2.01. The molecule has 0 radical (unpaired) electrons. The number of nitrogens with one attached hydrogen (secondary N) is 1. The quantitative estimate of drug-likeness (QED) is 0.899. The van der Waals surface area contributed by atoms with Crippen LogP contribution in [0.25, 0.3) is 0 Å². The summed E-state index contributed by atoms with van der Waals surface area (Å²) < 4.78 is 2.01. The maximum atomic E-state index is 9.08. The van der Waals surface area contributed by atoms with Crippen LogP contribution in [0.3, 0.4) is 0 Å². The summed E-state index contributed by atoms with van der Waals surface area (Å²) in [5, 5.41) is 12.2. The van der Waals surface area contributed by atoms with Gasteiger partial charge in [-0.2, -0.15) is 0 Å². The molecule has 2 nitrogen and oxygen atoms in total. The first kappa shape index (κ1) is 11.0. The Hall–Kier alpha value is -0.0600. The van der Waals surface area contributed by atoms with Crippen molar-refractivity contribution in [2.75, 3.05) is 11.9 Å². The second-order valence-corrected chi connectivity index (χ2v) is 4.62. The maximum absolute atomic E-state index is 9.08. The fourth-order valence-electron chi connectivity index (χ4n) is 0.891. The summed E-state index contributed by atoms with van der Waals surface area (Å²) >= 11 is 6.80. The third kappa shape index (κ3) is 3.67. The Labute approximate surface area is 94.6 Å². The lowest BCUT2D eigenvalue weighted by Gasteiger charge is -2.10. The Bertz CT molecular complexity index is 289. The van der Waals surface area contributed by atoms with E-state index in [0.29, 0.717) is 6.54 Å². The van der Waals surface area contributed by atoms with Gasteiger partial charge in [-0.3, -0.25) is 0 Å². The molecule has 0 bridgehead atoms. The Morgan fingerprint density at radius 2 is 2.15 bits per heavy atom. The van der Waals surface area contributed by atoms with Crippen molar-refractivity contribution >= 4 is 37.5 Å². The lowest BCUT2D eigenvalue weighted by Crippen LogP contribution is -2.15. The van der Waals surface area contributed by atoms with Crippen LogP contribution in [-0.2, 0) is 0 Å². The molecule has 72 valence electrons. The predicted molar refractivity (Wildman–Crippen MR) is 62.0 cm³/mol. The molecule has 0 aliphatic rings. The summed E-state index contributed by atoms with van der Waals surface area (Å²) in [6, 6.07) is 5.87. The van der Waals surface area contributed by atoms with Crippen LogP contribution in [0.1, 0.15) is 6.92 Å². The highest BCUT2D eigenvalue weighted by Crippen LogP contribution is 2.25. The zero-order chi connectivity index (χ0) is 9.84. The molecular weight excluding hydrogens is 298 g/mol. The molecule has 0 saturated heterocycles. The molecule has 1 atom stereocenters. The largest absolute Gasteiger partial charge is 0.392 e. The molecule has 2 N–H and O–H groups in total. The van der Waals surface area contributed by atoms with E-state index in [1.807, 2.05) is 18.2 Å². The first-order valence-corrected chi connectivity index (χ1v) is 5.55. The fraction of sp³-hybridized carbons (Fsp3) is 0.333. The van der Waals surface area contributed by atoms with Crippen LogP contribution in [0.5, 0.6) is 0 Å². The zero-order valence-electron chi connectivity index (χ0n) is 7.22. The first-order chi connectivity index (χ1) is 6.09. The minimum Gasteiger partial charge on any atom is -0.392 e. The molecule has 0 unspecified atom stereocenters. The number of anilines is 1. The highest BCUT2D eigenvalue weighted by molar-refractivity contribution is 9.11. The Morgan fingerprint density at radius 3 is 2.77 bits per heavy atom. The number of aliphatic hydroxyl groups is 1. The van der Waals surface area contributed by atoms with Crippen molar-refractivity contribution in [3.05, 3.63) is 27.1 Å². The van der Waals surface area contributed by atoms with Gasteiger partial charge in [-0.05, 0) is 41.1 Å². The van der Waals surface area contributed by atoms with Crippen LogP contribution in [-0.4, -0.2) is 17.8 Å². The van der Waals surface area contributed by atoms with Crippen molar-refractivity contribution in [1.82, 2.24) is 0 Å². The third-order valence-electron chi connectivity index (χ3n) is 1.52. The van der Waals surface area contributed by atoms with E-state index in [-0.39, 0.29) is 6.10 Å². The van der Waals surface area contributed by atoms with Crippen LogP contribution in [0, 0.1) is 0 Å². The Morgan fingerprint density at radius 1 is 1.46 bits per heavy atom. The first-order valence-electron chi connectivity index (χ1n) is 3.96. The molecule has 1 rings (SSSR count). The standard InChI is InChI=1S/C9H11Br2NO/c1-6(13)5-12-9-4-7(10)2-3-8(9)11/h2-4,6,12-13H,5H2,1H3/t6-/m0/s1. The van der Waals surface area contributed by atoms with Gasteiger partial charge in [-0.15, -0.1) is 0 Å². The van der Waals surface area contributed by atoms with Crippen LogP contribution < -0.4 is 5.32 Å². The van der Waals surface area contributed by atoms with Gasteiger partial charge in [0.1, 0.15) is 0 Å². The van der Waals surface area contributed by atoms with Crippen molar-refractivity contribution in [1.29, 1.82) is 0 Å².